The number of nitrogens with one attached hydrogen (secondary N) is 1. The van der Waals surface area contributed by atoms with Gasteiger partial charge >= 0.3 is 0 Å². The summed E-state index contributed by atoms with van der Waals surface area (Å²) < 4.78 is 0. The van der Waals surface area contributed by atoms with E-state index in [9.17, 15) is 10.1 Å². The summed E-state index contributed by atoms with van der Waals surface area (Å²) in [5.74, 6) is -0.116. The minimum atomic E-state index is -0.315. The zero-order valence-corrected chi connectivity index (χ0v) is 16.9. The first-order chi connectivity index (χ1) is 13.6. The van der Waals surface area contributed by atoms with Crippen LogP contribution in [0, 0.1) is 11.3 Å². The fourth-order valence-electron chi connectivity index (χ4n) is 3.11. The molecule has 1 aromatic heterocycles. The van der Waals surface area contributed by atoms with Crippen molar-refractivity contribution >= 4 is 22.9 Å². The van der Waals surface area contributed by atoms with Crippen molar-refractivity contribution in [2.75, 3.05) is 5.32 Å². The van der Waals surface area contributed by atoms with Crippen LogP contribution in [0.3, 0.4) is 0 Å². The highest BCUT2D eigenvalue weighted by Gasteiger charge is 2.26. The summed E-state index contributed by atoms with van der Waals surface area (Å²) in [6, 6.07) is 21.7. The van der Waals surface area contributed by atoms with Crippen LogP contribution >= 0.6 is 11.3 Å². The third-order valence-electron chi connectivity index (χ3n) is 4.80. The molecule has 28 heavy (non-hydrogen) atoms. The molecule has 0 spiro atoms. The van der Waals surface area contributed by atoms with E-state index in [1.165, 1.54) is 16.0 Å². The van der Waals surface area contributed by atoms with Crippen LogP contribution in [0.15, 0.2) is 66.0 Å². The molecule has 2 atom stereocenters. The molecule has 3 rings (SSSR count). The highest BCUT2D eigenvalue weighted by molar-refractivity contribution is 7.10. The number of anilines is 1. The zero-order chi connectivity index (χ0) is 19.9. The van der Waals surface area contributed by atoms with Crippen LogP contribution in [0.5, 0.6) is 0 Å². The Hall–Kier alpha value is -2.94. The van der Waals surface area contributed by atoms with E-state index in [4.69, 9.17) is 0 Å². The summed E-state index contributed by atoms with van der Waals surface area (Å²) in [5, 5.41) is 16.3. The number of amides is 1. The monoisotopic (exact) mass is 390 g/mol. The van der Waals surface area contributed by atoms with Gasteiger partial charge in [-0.25, -0.2) is 0 Å². The molecule has 3 aromatic rings. The molecule has 4 nitrogen and oxygen atoms in total. The first-order valence-electron chi connectivity index (χ1n) is 9.39. The molecule has 5 heteroatoms. The number of benzene rings is 2. The van der Waals surface area contributed by atoms with Crippen LogP contribution in [0.4, 0.5) is 5.69 Å². The molecule has 2 aromatic carbocycles. The lowest BCUT2D eigenvalue weighted by atomic mass is 10.0. The highest BCUT2D eigenvalue weighted by atomic mass is 32.1. The lowest BCUT2D eigenvalue weighted by Crippen LogP contribution is -2.92. The van der Waals surface area contributed by atoms with Crippen LogP contribution in [0.25, 0.3) is 0 Å². The number of carbonyl (C=O) groups excluding carboxylic acids is 1. The molecular weight excluding hydrogens is 366 g/mol. The van der Waals surface area contributed by atoms with E-state index in [2.05, 4.69) is 59.3 Å². The van der Waals surface area contributed by atoms with Gasteiger partial charge in [-0.05, 0) is 42.5 Å². The first-order valence-corrected chi connectivity index (χ1v) is 10.3. The van der Waals surface area contributed by atoms with Gasteiger partial charge in [0.1, 0.15) is 12.1 Å². The van der Waals surface area contributed by atoms with Gasteiger partial charge in [-0.15, -0.1) is 11.3 Å². The molecule has 1 amide bonds. The van der Waals surface area contributed by atoms with Gasteiger partial charge in [-0.1, -0.05) is 49.4 Å². The molecule has 0 saturated carbocycles. The molecule has 142 valence electrons. The average molecular weight is 391 g/mol. The zero-order valence-electron chi connectivity index (χ0n) is 16.1. The summed E-state index contributed by atoms with van der Waals surface area (Å²) >= 11 is 1.69. The average Bonchev–Trinajstić information content (AvgIpc) is 3.27. The van der Waals surface area contributed by atoms with Crippen molar-refractivity contribution in [3.8, 4) is 6.07 Å². The van der Waals surface area contributed by atoms with E-state index in [0.717, 1.165) is 6.42 Å². The van der Waals surface area contributed by atoms with Gasteiger partial charge < -0.3 is 10.6 Å². The lowest BCUT2D eigenvalue weighted by Gasteiger charge is -2.20. The Morgan fingerprint density at radius 1 is 1.14 bits per heavy atom. The second kappa shape index (κ2) is 9.32. The maximum atomic E-state index is 12.8. The highest BCUT2D eigenvalue weighted by Crippen LogP contribution is 2.23. The van der Waals surface area contributed by atoms with Gasteiger partial charge in [-0.3, -0.25) is 4.79 Å². The fraction of sp³-hybridized carbons (Fsp3) is 0.217. The van der Waals surface area contributed by atoms with Gasteiger partial charge in [0.2, 0.25) is 0 Å². The number of thiophene rings is 1. The van der Waals surface area contributed by atoms with E-state index in [0.29, 0.717) is 11.3 Å². The molecule has 0 aliphatic rings. The van der Waals surface area contributed by atoms with E-state index in [1.807, 2.05) is 19.1 Å². The fourth-order valence-corrected chi connectivity index (χ4v) is 3.94. The molecule has 0 saturated heterocycles. The maximum Gasteiger partial charge on any atom is 0.282 e. The number of rotatable bonds is 7. The van der Waals surface area contributed by atoms with Crippen molar-refractivity contribution in [3.63, 3.8) is 0 Å². The van der Waals surface area contributed by atoms with E-state index >= 15 is 0 Å². The van der Waals surface area contributed by atoms with Crippen LogP contribution in [-0.2, 0) is 11.2 Å². The second-order valence-corrected chi connectivity index (χ2v) is 7.70. The third kappa shape index (κ3) is 4.66. The van der Waals surface area contributed by atoms with E-state index < -0.39 is 0 Å². The molecule has 1 heterocycles. The lowest BCUT2D eigenvalue weighted by molar-refractivity contribution is -0.703. The van der Waals surface area contributed by atoms with Crippen LogP contribution in [0.2, 0.25) is 0 Å². The molecule has 3 N–H and O–H groups in total. The summed E-state index contributed by atoms with van der Waals surface area (Å²) in [5.41, 5.74) is 3.49. The number of para-hydroxylation sites is 1. The molecule has 0 bridgehead atoms. The van der Waals surface area contributed by atoms with Gasteiger partial charge in [0, 0.05) is 5.56 Å². The largest absolute Gasteiger partial charge is 0.326 e. The Balaban J connectivity index is 1.78. The molecule has 0 radical (unpaired) electrons. The van der Waals surface area contributed by atoms with Gasteiger partial charge in [0.05, 0.1) is 16.1 Å². The topological polar surface area (TPSA) is 69.5 Å². The molecule has 0 aliphatic carbocycles. The normalized spacial score (nSPS) is 12.8. The van der Waals surface area contributed by atoms with Crippen molar-refractivity contribution in [2.24, 2.45) is 0 Å². The van der Waals surface area contributed by atoms with Gasteiger partial charge in [-0.2, -0.15) is 5.26 Å². The second-order valence-electron chi connectivity index (χ2n) is 6.72. The minimum Gasteiger partial charge on any atom is -0.326 e. The summed E-state index contributed by atoms with van der Waals surface area (Å²) in [4.78, 5) is 14.0. The molecule has 0 fully saturated rings. The predicted molar refractivity (Wildman–Crippen MR) is 113 cm³/mol. The number of aryl methyl sites for hydroxylation is 1. The van der Waals surface area contributed by atoms with E-state index in [1.54, 1.807) is 29.5 Å². The number of nitrogens with zero attached hydrogens (tertiary/aromatic N) is 1. The standard InChI is InChI=1S/C23H23N3OS/c1-3-17-10-12-18(13-11-17)22(21-9-6-14-28-21)25-16(2)23(27)26-20-8-5-4-7-19(20)15-24/h4-14,16,22,25H,3H2,1-2H3,(H,26,27)/p+1/t16-,22+/m1/s1. The quantitative estimate of drug-likeness (QED) is 0.643. The maximum absolute atomic E-state index is 12.8. The van der Waals surface area contributed by atoms with Crippen molar-refractivity contribution in [1.29, 1.82) is 5.26 Å². The van der Waals surface area contributed by atoms with Crippen molar-refractivity contribution in [3.05, 3.63) is 87.6 Å². The minimum absolute atomic E-state index is 0.0536. The number of nitrogens with two attached hydrogens (primary N) is 1. The summed E-state index contributed by atoms with van der Waals surface area (Å²) in [6.45, 7) is 4.04. The first kappa shape index (κ1) is 19.8. The summed E-state index contributed by atoms with van der Waals surface area (Å²) in [7, 11) is 0. The van der Waals surface area contributed by atoms with Crippen molar-refractivity contribution in [2.45, 2.75) is 32.4 Å². The Bertz CT molecular complexity index is 958. The Labute approximate surface area is 169 Å². The Kier molecular flexibility index (Phi) is 6.59. The number of carbonyl (C=O) groups is 1. The van der Waals surface area contributed by atoms with Crippen LogP contribution in [-0.4, -0.2) is 11.9 Å². The van der Waals surface area contributed by atoms with Crippen molar-refractivity contribution in [1.82, 2.24) is 0 Å². The Morgan fingerprint density at radius 2 is 1.89 bits per heavy atom. The van der Waals surface area contributed by atoms with E-state index in [-0.39, 0.29) is 18.0 Å². The molecular formula is C23H24N3OS+. The number of nitriles is 1. The molecule has 0 unspecified atom stereocenters. The van der Waals surface area contributed by atoms with Crippen LogP contribution < -0.4 is 10.6 Å². The smallest absolute Gasteiger partial charge is 0.282 e. The SMILES string of the molecule is CCc1ccc([C@H]([NH2+][C@H](C)C(=O)Nc2ccccc2C#N)c2cccs2)cc1. The molecule has 0 aliphatic heterocycles. The van der Waals surface area contributed by atoms with Gasteiger partial charge in [0.15, 0.2) is 6.04 Å². The van der Waals surface area contributed by atoms with Gasteiger partial charge in [0.25, 0.3) is 5.91 Å². The number of hydrogen-bond acceptors (Lipinski definition) is 3. The predicted octanol–water partition coefficient (Wildman–Crippen LogP) is 3.86. The Morgan fingerprint density at radius 3 is 2.54 bits per heavy atom. The van der Waals surface area contributed by atoms with Crippen LogP contribution in [0.1, 0.15) is 41.5 Å². The third-order valence-corrected chi connectivity index (χ3v) is 5.75. The number of quaternary nitrogens is 1. The number of hydrogen-bond donors (Lipinski definition) is 2. The van der Waals surface area contributed by atoms with Crippen molar-refractivity contribution < 1.29 is 10.1 Å². The summed E-state index contributed by atoms with van der Waals surface area (Å²) in [6.07, 6.45) is 1.00.